The predicted octanol–water partition coefficient (Wildman–Crippen LogP) is 4.03. The van der Waals surface area contributed by atoms with Gasteiger partial charge in [0.05, 0.1) is 6.10 Å². The molecule has 0 aromatic heterocycles. The lowest BCUT2D eigenvalue weighted by atomic mass is 10.0. The number of halogens is 3. The minimum atomic E-state index is -4.38. The van der Waals surface area contributed by atoms with Gasteiger partial charge in [-0.3, -0.25) is 4.79 Å². The zero-order valence-electron chi connectivity index (χ0n) is 12.7. The second-order valence-electron chi connectivity index (χ2n) is 5.74. The van der Waals surface area contributed by atoms with E-state index in [1.165, 1.54) is 12.1 Å². The van der Waals surface area contributed by atoms with E-state index in [-0.39, 0.29) is 24.6 Å². The smallest absolute Gasteiger partial charge is 0.408 e. The van der Waals surface area contributed by atoms with Gasteiger partial charge < -0.3 is 9.64 Å². The number of nitrogens with zero attached hydrogens (tertiary/aromatic N) is 1. The molecule has 0 N–H and O–H groups in total. The molecule has 1 unspecified atom stereocenters. The van der Waals surface area contributed by atoms with Crippen LogP contribution in [0.15, 0.2) is 24.3 Å². The van der Waals surface area contributed by atoms with Crippen LogP contribution in [0.4, 0.5) is 13.2 Å². The number of alkyl halides is 3. The fourth-order valence-electron chi connectivity index (χ4n) is 2.63. The molecule has 3 nitrogen and oxygen atoms in total. The zero-order valence-corrected chi connectivity index (χ0v) is 12.7. The molecule has 1 aliphatic heterocycles. The molecular formula is C16H20F3NO2. The molecular weight excluding hydrogens is 295 g/mol. The Balaban J connectivity index is 2.15. The Morgan fingerprint density at radius 1 is 1.23 bits per heavy atom. The van der Waals surface area contributed by atoms with Crippen molar-refractivity contribution in [2.24, 2.45) is 0 Å². The number of ether oxygens (including phenoxy) is 1. The average molecular weight is 315 g/mol. The first-order valence-corrected chi connectivity index (χ1v) is 7.43. The summed E-state index contributed by atoms with van der Waals surface area (Å²) in [7, 11) is 0. The molecule has 0 saturated carbocycles. The summed E-state index contributed by atoms with van der Waals surface area (Å²) in [6.45, 7) is 3.90. The van der Waals surface area contributed by atoms with Crippen molar-refractivity contribution in [3.63, 3.8) is 0 Å². The predicted molar refractivity (Wildman–Crippen MR) is 76.9 cm³/mol. The highest BCUT2D eigenvalue weighted by atomic mass is 19.4. The number of hydrogen-bond acceptors (Lipinski definition) is 2. The van der Waals surface area contributed by atoms with Gasteiger partial charge >= 0.3 is 6.18 Å². The lowest BCUT2D eigenvalue weighted by Gasteiger charge is -2.36. The molecule has 1 aliphatic rings. The van der Waals surface area contributed by atoms with Crippen LogP contribution in [0.1, 0.15) is 43.5 Å². The number of benzene rings is 1. The maximum atomic E-state index is 13.1. The highest BCUT2D eigenvalue weighted by Gasteiger charge is 2.46. The first kappa shape index (κ1) is 16.6. The molecule has 0 aliphatic carbocycles. The van der Waals surface area contributed by atoms with Gasteiger partial charge in [0.1, 0.15) is 11.8 Å². The van der Waals surface area contributed by atoms with E-state index in [2.05, 4.69) is 0 Å². The second kappa shape index (κ2) is 6.58. The van der Waals surface area contributed by atoms with E-state index in [9.17, 15) is 18.0 Å². The number of carbonyl (C=O) groups excluding carboxylic acids is 1. The Bertz CT molecular complexity index is 511. The molecule has 1 amide bonds. The van der Waals surface area contributed by atoms with Crippen LogP contribution in [-0.4, -0.2) is 35.7 Å². The molecule has 22 heavy (non-hydrogen) atoms. The van der Waals surface area contributed by atoms with Gasteiger partial charge in [-0.1, -0.05) is 0 Å². The minimum absolute atomic E-state index is 0.00161. The lowest BCUT2D eigenvalue weighted by molar-refractivity contribution is -0.183. The van der Waals surface area contributed by atoms with Gasteiger partial charge in [0.25, 0.3) is 5.91 Å². The highest BCUT2D eigenvalue weighted by Crippen LogP contribution is 2.32. The van der Waals surface area contributed by atoms with Crippen LogP contribution in [0, 0.1) is 0 Å². The van der Waals surface area contributed by atoms with Gasteiger partial charge in [-0.05, 0) is 57.4 Å². The third kappa shape index (κ3) is 3.93. The van der Waals surface area contributed by atoms with Crippen molar-refractivity contribution in [3.8, 4) is 5.75 Å². The molecule has 1 atom stereocenters. The molecule has 1 aromatic carbocycles. The van der Waals surface area contributed by atoms with Crippen LogP contribution >= 0.6 is 0 Å². The minimum Gasteiger partial charge on any atom is -0.491 e. The van der Waals surface area contributed by atoms with Crippen molar-refractivity contribution in [1.29, 1.82) is 0 Å². The van der Waals surface area contributed by atoms with Crippen molar-refractivity contribution in [1.82, 2.24) is 4.90 Å². The molecule has 1 heterocycles. The van der Waals surface area contributed by atoms with Crippen LogP contribution in [0.5, 0.6) is 5.75 Å². The topological polar surface area (TPSA) is 29.5 Å². The second-order valence-corrected chi connectivity index (χ2v) is 5.74. The Morgan fingerprint density at radius 3 is 2.41 bits per heavy atom. The van der Waals surface area contributed by atoms with Gasteiger partial charge in [-0.2, -0.15) is 13.2 Å². The summed E-state index contributed by atoms with van der Waals surface area (Å²) in [5.41, 5.74) is 0.257. The van der Waals surface area contributed by atoms with Crippen molar-refractivity contribution in [2.45, 2.75) is 51.4 Å². The normalized spacial score (nSPS) is 19.4. The van der Waals surface area contributed by atoms with E-state index in [4.69, 9.17) is 4.74 Å². The summed E-state index contributed by atoms with van der Waals surface area (Å²) < 4.78 is 44.6. The Hall–Kier alpha value is -1.72. The van der Waals surface area contributed by atoms with Crippen molar-refractivity contribution >= 4 is 5.91 Å². The monoisotopic (exact) mass is 315 g/mol. The quantitative estimate of drug-likeness (QED) is 0.843. The van der Waals surface area contributed by atoms with Crippen LogP contribution in [0.25, 0.3) is 0 Å². The SMILES string of the molecule is CC(C)Oc1ccc(C(=O)N2CCCCC2C(F)(F)F)cc1. The first-order chi connectivity index (χ1) is 10.3. The number of carbonyl (C=O) groups is 1. The maximum Gasteiger partial charge on any atom is 0.408 e. The van der Waals surface area contributed by atoms with E-state index >= 15 is 0 Å². The number of piperidine rings is 1. The van der Waals surface area contributed by atoms with Gasteiger partial charge in [0.2, 0.25) is 0 Å². The molecule has 122 valence electrons. The zero-order chi connectivity index (χ0) is 16.3. The average Bonchev–Trinajstić information content (AvgIpc) is 2.46. The number of amides is 1. The Kier molecular flexibility index (Phi) is 4.98. The van der Waals surface area contributed by atoms with Gasteiger partial charge in [-0.25, -0.2) is 0 Å². The molecule has 0 bridgehead atoms. The fraction of sp³-hybridized carbons (Fsp3) is 0.562. The summed E-state index contributed by atoms with van der Waals surface area (Å²) in [6.07, 6.45) is -3.30. The summed E-state index contributed by atoms with van der Waals surface area (Å²) in [6, 6.07) is 4.57. The van der Waals surface area contributed by atoms with E-state index in [0.717, 1.165) is 4.90 Å². The molecule has 0 radical (unpaired) electrons. The summed E-state index contributed by atoms with van der Waals surface area (Å²) >= 11 is 0. The number of likely N-dealkylation sites (tertiary alicyclic amines) is 1. The summed E-state index contributed by atoms with van der Waals surface area (Å²) in [5.74, 6) is 0.0238. The van der Waals surface area contributed by atoms with E-state index in [1.54, 1.807) is 12.1 Å². The van der Waals surface area contributed by atoms with Crippen molar-refractivity contribution in [2.75, 3.05) is 6.54 Å². The Morgan fingerprint density at radius 2 is 1.86 bits per heavy atom. The molecule has 1 fully saturated rings. The van der Waals surface area contributed by atoms with E-state index in [0.29, 0.717) is 18.6 Å². The lowest BCUT2D eigenvalue weighted by Crippen LogP contribution is -2.51. The Labute approximate surface area is 128 Å². The van der Waals surface area contributed by atoms with Gasteiger partial charge in [0, 0.05) is 12.1 Å². The molecule has 6 heteroatoms. The van der Waals surface area contributed by atoms with Crippen LogP contribution < -0.4 is 4.74 Å². The molecule has 0 spiro atoms. The van der Waals surface area contributed by atoms with Gasteiger partial charge in [-0.15, -0.1) is 0 Å². The van der Waals surface area contributed by atoms with Crippen LogP contribution in [0.3, 0.4) is 0 Å². The highest BCUT2D eigenvalue weighted by molar-refractivity contribution is 5.94. The van der Waals surface area contributed by atoms with E-state index < -0.39 is 18.1 Å². The van der Waals surface area contributed by atoms with E-state index in [1.807, 2.05) is 13.8 Å². The standard InChI is InChI=1S/C16H20F3NO2/c1-11(2)22-13-8-6-12(7-9-13)15(21)20-10-4-3-5-14(20)16(17,18)19/h6-9,11,14H,3-5,10H2,1-2H3. The van der Waals surface area contributed by atoms with Crippen molar-refractivity contribution in [3.05, 3.63) is 29.8 Å². The number of rotatable bonds is 3. The van der Waals surface area contributed by atoms with Crippen molar-refractivity contribution < 1.29 is 22.7 Å². The number of hydrogen-bond donors (Lipinski definition) is 0. The third-order valence-corrected chi connectivity index (χ3v) is 3.61. The molecule has 2 rings (SSSR count). The summed E-state index contributed by atoms with van der Waals surface area (Å²) in [4.78, 5) is 13.3. The third-order valence-electron chi connectivity index (χ3n) is 3.61. The van der Waals surface area contributed by atoms with Crippen LogP contribution in [0.2, 0.25) is 0 Å². The first-order valence-electron chi connectivity index (χ1n) is 7.43. The van der Waals surface area contributed by atoms with Crippen LogP contribution in [-0.2, 0) is 0 Å². The largest absolute Gasteiger partial charge is 0.491 e. The van der Waals surface area contributed by atoms with Gasteiger partial charge in [0.15, 0.2) is 0 Å². The fourth-order valence-corrected chi connectivity index (χ4v) is 2.63. The summed E-state index contributed by atoms with van der Waals surface area (Å²) in [5, 5.41) is 0. The maximum absolute atomic E-state index is 13.1. The molecule has 1 saturated heterocycles. The molecule has 1 aromatic rings.